The lowest BCUT2D eigenvalue weighted by molar-refractivity contribution is -0.0492. The van der Waals surface area contributed by atoms with Gasteiger partial charge in [-0.1, -0.05) is 83.1 Å². The Kier molecular flexibility index (Phi) is 14.0. The van der Waals surface area contributed by atoms with Crippen LogP contribution in [-0.4, -0.2) is 66.7 Å². The van der Waals surface area contributed by atoms with Gasteiger partial charge in [0.1, 0.15) is 12.0 Å². The Morgan fingerprint density at radius 1 is 0.660 bits per heavy atom. The number of oxazole rings is 2. The minimum Gasteiger partial charge on any atom is -0.445 e. The second-order valence-corrected chi connectivity index (χ2v) is 39.4. The van der Waals surface area contributed by atoms with Crippen LogP contribution in [0, 0.1) is 0 Å². The van der Waals surface area contributed by atoms with Crippen LogP contribution in [0.15, 0.2) is 27.7 Å². The number of nitrogens with zero attached hydrogens (tertiary/aromatic N) is 2. The van der Waals surface area contributed by atoms with E-state index in [-0.39, 0.29) is 50.1 Å². The lowest BCUT2D eigenvalue weighted by Crippen LogP contribution is -2.57. The van der Waals surface area contributed by atoms with Crippen molar-refractivity contribution in [2.24, 2.45) is 0 Å². The molecule has 0 aliphatic heterocycles. The van der Waals surface area contributed by atoms with E-state index in [1.807, 2.05) is 0 Å². The molecule has 5 atom stereocenters. The van der Waals surface area contributed by atoms with Crippen LogP contribution in [0.3, 0.4) is 0 Å². The standard InChI is InChI=1S/C37H74N2O7Si4/c1-26(43-47(14,15)34(2,3)4)32(46-50(20,21)37(11,12)13)29(45-49(18,19)36(8,9)10)22-28(44-48(16,17)35(5,6)7)27-24-41-33(39-27)31(40)30-23-38-25-42-30/h23-26,28-29,31-32,40H,22H2,1-21H3. The molecule has 2 rings (SSSR count). The Morgan fingerprint density at radius 3 is 1.54 bits per heavy atom. The van der Waals surface area contributed by atoms with Gasteiger partial charge in [-0.15, -0.1) is 0 Å². The van der Waals surface area contributed by atoms with Gasteiger partial charge in [0.25, 0.3) is 0 Å². The summed E-state index contributed by atoms with van der Waals surface area (Å²) in [6, 6.07) is 0. The summed E-state index contributed by atoms with van der Waals surface area (Å²) in [5.74, 6) is 0.394. The van der Waals surface area contributed by atoms with E-state index in [0.717, 1.165) is 0 Å². The Bertz CT molecular complexity index is 1350. The van der Waals surface area contributed by atoms with E-state index < -0.39 is 45.5 Å². The molecule has 2 aromatic rings. The quantitative estimate of drug-likeness (QED) is 0.177. The molecule has 0 aliphatic rings. The van der Waals surface area contributed by atoms with Crippen molar-refractivity contribution in [1.82, 2.24) is 9.97 Å². The van der Waals surface area contributed by atoms with Crippen molar-refractivity contribution >= 4 is 33.3 Å². The molecule has 0 saturated carbocycles. The topological polar surface area (TPSA) is 109 Å². The second-order valence-electron chi connectivity index (χ2n) is 20.4. The molecule has 5 unspecified atom stereocenters. The van der Waals surface area contributed by atoms with Gasteiger partial charge in [-0.05, 0) is 79.5 Å². The zero-order valence-electron chi connectivity index (χ0n) is 35.6. The monoisotopic (exact) mass is 770 g/mol. The minimum absolute atomic E-state index is 0.0218. The van der Waals surface area contributed by atoms with Crippen LogP contribution in [0.4, 0.5) is 0 Å². The summed E-state index contributed by atoms with van der Waals surface area (Å²) in [6.45, 7) is 47.7. The number of aliphatic hydroxyl groups excluding tert-OH is 1. The molecule has 0 aromatic carbocycles. The average molecular weight is 771 g/mol. The maximum absolute atomic E-state index is 11.0. The smallest absolute Gasteiger partial charge is 0.231 e. The molecule has 1 N–H and O–H groups in total. The number of hydrogen-bond acceptors (Lipinski definition) is 9. The van der Waals surface area contributed by atoms with Gasteiger partial charge in [0.15, 0.2) is 51.5 Å². The predicted molar refractivity (Wildman–Crippen MR) is 215 cm³/mol. The van der Waals surface area contributed by atoms with E-state index in [4.69, 9.17) is 31.5 Å². The van der Waals surface area contributed by atoms with E-state index in [9.17, 15) is 5.11 Å². The third kappa shape index (κ3) is 11.1. The number of rotatable bonds is 15. The zero-order valence-corrected chi connectivity index (χ0v) is 39.6. The van der Waals surface area contributed by atoms with Gasteiger partial charge in [0, 0.05) is 6.42 Å². The summed E-state index contributed by atoms with van der Waals surface area (Å²) in [6.07, 6.45) is 2.17. The number of hydrogen-bond donors (Lipinski definition) is 1. The van der Waals surface area contributed by atoms with E-state index >= 15 is 0 Å². The SMILES string of the molecule is CC(O[Si](C)(C)C(C)(C)C)C(O[Si](C)(C)C(C)(C)C)C(CC(O[Si](C)(C)C(C)(C)C)c1coc(C(O)c2cnco2)n1)O[Si](C)(C)C(C)(C)C. The number of aromatic nitrogens is 2. The first-order valence-corrected chi connectivity index (χ1v) is 30.0. The summed E-state index contributed by atoms with van der Waals surface area (Å²) in [7, 11) is -9.25. The fourth-order valence-electron chi connectivity index (χ4n) is 4.53. The highest BCUT2D eigenvalue weighted by atomic mass is 28.4. The van der Waals surface area contributed by atoms with Crippen LogP contribution in [-0.2, 0) is 17.7 Å². The average Bonchev–Trinajstić information content (AvgIpc) is 3.60. The predicted octanol–water partition coefficient (Wildman–Crippen LogP) is 11.4. The zero-order chi connectivity index (χ0) is 39.1. The van der Waals surface area contributed by atoms with Crippen LogP contribution >= 0.6 is 0 Å². The van der Waals surface area contributed by atoms with E-state index in [1.54, 1.807) is 6.26 Å². The first-order valence-electron chi connectivity index (χ1n) is 18.4. The highest BCUT2D eigenvalue weighted by Crippen LogP contribution is 2.46. The van der Waals surface area contributed by atoms with E-state index in [0.29, 0.717) is 12.1 Å². The molecule has 0 saturated heterocycles. The van der Waals surface area contributed by atoms with Crippen LogP contribution < -0.4 is 0 Å². The molecular formula is C37H74N2O7Si4. The molecule has 9 nitrogen and oxygen atoms in total. The Balaban J connectivity index is 2.83. The van der Waals surface area contributed by atoms with Crippen molar-refractivity contribution in [3.05, 3.63) is 36.2 Å². The van der Waals surface area contributed by atoms with Gasteiger partial charge in [-0.3, -0.25) is 0 Å². The molecule has 0 amide bonds. The van der Waals surface area contributed by atoms with Crippen molar-refractivity contribution in [1.29, 1.82) is 0 Å². The van der Waals surface area contributed by atoms with Crippen molar-refractivity contribution in [3.63, 3.8) is 0 Å². The van der Waals surface area contributed by atoms with Crippen LogP contribution in [0.2, 0.25) is 72.5 Å². The normalized spacial score (nSPS) is 17.8. The Morgan fingerprint density at radius 2 is 1.10 bits per heavy atom. The lowest BCUT2D eigenvalue weighted by Gasteiger charge is -2.49. The lowest BCUT2D eigenvalue weighted by atomic mass is 10.0. The summed E-state index contributed by atoms with van der Waals surface area (Å²) in [4.78, 5) is 8.79. The van der Waals surface area contributed by atoms with Gasteiger partial charge >= 0.3 is 0 Å². The third-order valence-electron chi connectivity index (χ3n) is 12.1. The third-order valence-corrected chi connectivity index (χ3v) is 30.2. The van der Waals surface area contributed by atoms with Gasteiger partial charge < -0.3 is 31.6 Å². The van der Waals surface area contributed by atoms with Gasteiger partial charge in [-0.2, -0.15) is 0 Å². The first-order chi connectivity index (χ1) is 22.1. The highest BCUT2D eigenvalue weighted by molar-refractivity contribution is 6.75. The maximum atomic E-state index is 11.0. The Hall–Kier alpha value is -0.912. The number of aliphatic hydroxyl groups is 1. The van der Waals surface area contributed by atoms with Gasteiger partial charge in [0.2, 0.25) is 5.89 Å². The molecule has 0 radical (unpaired) electrons. The summed E-state index contributed by atoms with van der Waals surface area (Å²) >= 11 is 0. The first kappa shape index (κ1) is 45.2. The molecule has 0 bridgehead atoms. The molecule has 0 aliphatic carbocycles. The van der Waals surface area contributed by atoms with Crippen molar-refractivity contribution < 1.29 is 31.6 Å². The molecule has 0 fully saturated rings. The molecule has 2 aromatic heterocycles. The van der Waals surface area contributed by atoms with Crippen LogP contribution in [0.5, 0.6) is 0 Å². The van der Waals surface area contributed by atoms with Crippen molar-refractivity contribution in [2.75, 3.05) is 0 Å². The van der Waals surface area contributed by atoms with Gasteiger partial charge in [0.05, 0.1) is 30.6 Å². The molecule has 13 heteroatoms. The molecule has 290 valence electrons. The molecular weight excluding hydrogens is 697 g/mol. The summed E-state index contributed by atoms with van der Waals surface area (Å²) < 4.78 is 40.6. The van der Waals surface area contributed by atoms with Crippen molar-refractivity contribution in [2.45, 2.75) is 199 Å². The van der Waals surface area contributed by atoms with Crippen LogP contribution in [0.1, 0.15) is 126 Å². The summed E-state index contributed by atoms with van der Waals surface area (Å²) in [5, 5.41) is 10.9. The minimum atomic E-state index is -2.36. The summed E-state index contributed by atoms with van der Waals surface area (Å²) in [5.41, 5.74) is 0.608. The van der Waals surface area contributed by atoms with E-state index in [2.05, 4.69) is 147 Å². The Labute approximate surface area is 309 Å². The molecule has 50 heavy (non-hydrogen) atoms. The van der Waals surface area contributed by atoms with Gasteiger partial charge in [-0.25, -0.2) is 9.97 Å². The molecule has 0 spiro atoms. The fourth-order valence-corrected chi connectivity index (χ4v) is 9.95. The molecule has 2 heterocycles. The second kappa shape index (κ2) is 15.4. The largest absolute Gasteiger partial charge is 0.445 e. The van der Waals surface area contributed by atoms with Crippen molar-refractivity contribution in [3.8, 4) is 0 Å². The highest BCUT2D eigenvalue weighted by Gasteiger charge is 2.50. The maximum Gasteiger partial charge on any atom is 0.231 e. The van der Waals surface area contributed by atoms with E-state index in [1.165, 1.54) is 12.6 Å². The van der Waals surface area contributed by atoms with Crippen LogP contribution in [0.25, 0.3) is 0 Å². The fraction of sp³-hybridized carbons (Fsp3) is 0.838.